The quantitative estimate of drug-likeness (QED) is 0.807. The Morgan fingerprint density at radius 2 is 2.06 bits per heavy atom. The molecule has 0 aliphatic heterocycles. The largest absolute Gasteiger partial charge is 0.497 e. The van der Waals surface area contributed by atoms with Crippen LogP contribution in [-0.2, 0) is 12.8 Å². The van der Waals surface area contributed by atoms with E-state index in [2.05, 4.69) is 15.2 Å². The molecule has 1 atom stereocenters. The summed E-state index contributed by atoms with van der Waals surface area (Å²) in [4.78, 5) is 3.98. The number of aromatic amines is 1. The molecule has 5 heteroatoms. The number of rotatable bonds is 5. The van der Waals surface area contributed by atoms with E-state index in [1.807, 2.05) is 24.3 Å². The van der Waals surface area contributed by atoms with Crippen LogP contribution in [-0.4, -0.2) is 33.5 Å². The van der Waals surface area contributed by atoms with Crippen LogP contribution >= 0.6 is 0 Å². The van der Waals surface area contributed by atoms with Crippen molar-refractivity contribution in [3.63, 3.8) is 0 Å². The second kappa shape index (κ2) is 5.45. The molecular formula is C12H15N3O2. The van der Waals surface area contributed by atoms with Gasteiger partial charge in [-0.25, -0.2) is 4.98 Å². The Hall–Kier alpha value is -1.88. The summed E-state index contributed by atoms with van der Waals surface area (Å²) in [6, 6.07) is 7.66. The van der Waals surface area contributed by atoms with Crippen LogP contribution in [0, 0.1) is 0 Å². The van der Waals surface area contributed by atoms with Crippen LogP contribution in [0.4, 0.5) is 0 Å². The molecule has 17 heavy (non-hydrogen) atoms. The Balaban J connectivity index is 1.91. The average Bonchev–Trinajstić information content (AvgIpc) is 2.82. The maximum Gasteiger partial charge on any atom is 0.152 e. The molecule has 2 N–H and O–H groups in total. The molecule has 1 heterocycles. The SMILES string of the molecule is COc1ccc(CC(O)Cc2nc[nH]n2)cc1. The van der Waals surface area contributed by atoms with Crippen molar-refractivity contribution in [2.75, 3.05) is 7.11 Å². The van der Waals surface area contributed by atoms with Gasteiger partial charge in [0.2, 0.25) is 0 Å². The highest BCUT2D eigenvalue weighted by Gasteiger charge is 2.09. The number of nitrogens with one attached hydrogen (secondary N) is 1. The highest BCUT2D eigenvalue weighted by molar-refractivity contribution is 5.27. The van der Waals surface area contributed by atoms with E-state index in [1.165, 1.54) is 6.33 Å². The first-order valence-electron chi connectivity index (χ1n) is 5.43. The minimum absolute atomic E-state index is 0.454. The van der Waals surface area contributed by atoms with Crippen LogP contribution in [0.2, 0.25) is 0 Å². The predicted molar refractivity (Wildman–Crippen MR) is 62.8 cm³/mol. The fourth-order valence-corrected chi connectivity index (χ4v) is 1.65. The number of hydrogen-bond donors (Lipinski definition) is 2. The van der Waals surface area contributed by atoms with Crippen molar-refractivity contribution in [1.82, 2.24) is 15.2 Å². The molecule has 2 rings (SSSR count). The highest BCUT2D eigenvalue weighted by Crippen LogP contribution is 2.13. The van der Waals surface area contributed by atoms with Crippen LogP contribution in [0.3, 0.4) is 0 Å². The van der Waals surface area contributed by atoms with Crippen molar-refractivity contribution in [2.24, 2.45) is 0 Å². The Labute approximate surface area is 99.5 Å². The summed E-state index contributed by atoms with van der Waals surface area (Å²) in [6.07, 6.45) is 2.07. The van der Waals surface area contributed by atoms with E-state index < -0.39 is 6.10 Å². The van der Waals surface area contributed by atoms with Gasteiger partial charge in [0.05, 0.1) is 13.2 Å². The van der Waals surface area contributed by atoms with Crippen molar-refractivity contribution in [3.05, 3.63) is 42.0 Å². The van der Waals surface area contributed by atoms with Crippen molar-refractivity contribution in [3.8, 4) is 5.75 Å². The molecule has 0 fully saturated rings. The van der Waals surface area contributed by atoms with Gasteiger partial charge in [0.15, 0.2) is 5.82 Å². The van der Waals surface area contributed by atoms with Gasteiger partial charge in [0.25, 0.3) is 0 Å². The Bertz CT molecular complexity index is 439. The first-order valence-corrected chi connectivity index (χ1v) is 5.43. The number of aromatic nitrogens is 3. The lowest BCUT2D eigenvalue weighted by Gasteiger charge is -2.08. The van der Waals surface area contributed by atoms with Gasteiger partial charge in [-0.15, -0.1) is 0 Å². The van der Waals surface area contributed by atoms with E-state index in [0.29, 0.717) is 18.7 Å². The topological polar surface area (TPSA) is 71.0 Å². The van der Waals surface area contributed by atoms with E-state index >= 15 is 0 Å². The second-order valence-electron chi connectivity index (χ2n) is 3.83. The minimum Gasteiger partial charge on any atom is -0.497 e. The predicted octanol–water partition coefficient (Wildman–Crippen LogP) is 0.959. The molecular weight excluding hydrogens is 218 g/mol. The molecule has 0 saturated heterocycles. The summed E-state index contributed by atoms with van der Waals surface area (Å²) in [5.41, 5.74) is 1.06. The van der Waals surface area contributed by atoms with Gasteiger partial charge in [-0.2, -0.15) is 5.10 Å². The number of aliphatic hydroxyl groups excluding tert-OH is 1. The molecule has 0 bridgehead atoms. The van der Waals surface area contributed by atoms with E-state index in [-0.39, 0.29) is 0 Å². The fourth-order valence-electron chi connectivity index (χ4n) is 1.65. The van der Waals surface area contributed by atoms with Gasteiger partial charge in [0.1, 0.15) is 12.1 Å². The first kappa shape index (κ1) is 11.6. The Morgan fingerprint density at radius 1 is 1.29 bits per heavy atom. The molecule has 90 valence electrons. The van der Waals surface area contributed by atoms with Gasteiger partial charge >= 0.3 is 0 Å². The molecule has 5 nitrogen and oxygen atoms in total. The summed E-state index contributed by atoms with van der Waals surface area (Å²) in [5, 5.41) is 16.4. The zero-order chi connectivity index (χ0) is 12.1. The van der Waals surface area contributed by atoms with Gasteiger partial charge in [-0.05, 0) is 24.1 Å². The molecule has 2 aromatic rings. The van der Waals surface area contributed by atoms with E-state index in [1.54, 1.807) is 7.11 Å². The van der Waals surface area contributed by atoms with Crippen LogP contribution < -0.4 is 4.74 Å². The minimum atomic E-state index is -0.473. The van der Waals surface area contributed by atoms with Crippen LogP contribution in [0.25, 0.3) is 0 Å². The van der Waals surface area contributed by atoms with Gasteiger partial charge in [-0.1, -0.05) is 12.1 Å². The number of hydrogen-bond acceptors (Lipinski definition) is 4. The van der Waals surface area contributed by atoms with Crippen molar-refractivity contribution in [2.45, 2.75) is 18.9 Å². The summed E-state index contributed by atoms with van der Waals surface area (Å²) in [7, 11) is 1.63. The zero-order valence-electron chi connectivity index (χ0n) is 9.63. The second-order valence-corrected chi connectivity index (χ2v) is 3.83. The molecule has 0 spiro atoms. The number of ether oxygens (including phenoxy) is 1. The third-order valence-corrected chi connectivity index (χ3v) is 2.51. The molecule has 1 aromatic carbocycles. The molecule has 0 aliphatic carbocycles. The van der Waals surface area contributed by atoms with Crippen molar-refractivity contribution >= 4 is 0 Å². The fraction of sp³-hybridized carbons (Fsp3) is 0.333. The Kier molecular flexibility index (Phi) is 3.72. The number of H-pyrrole nitrogens is 1. The molecule has 1 unspecified atom stereocenters. The van der Waals surface area contributed by atoms with Crippen molar-refractivity contribution < 1.29 is 9.84 Å². The lowest BCUT2D eigenvalue weighted by molar-refractivity contribution is 0.173. The third kappa shape index (κ3) is 3.29. The van der Waals surface area contributed by atoms with Gasteiger partial charge < -0.3 is 9.84 Å². The molecule has 0 amide bonds. The van der Waals surface area contributed by atoms with E-state index in [4.69, 9.17) is 4.74 Å². The van der Waals surface area contributed by atoms with E-state index in [0.717, 1.165) is 11.3 Å². The smallest absolute Gasteiger partial charge is 0.152 e. The summed E-state index contributed by atoms with van der Waals surface area (Å²) in [6.45, 7) is 0. The van der Waals surface area contributed by atoms with Crippen LogP contribution in [0.5, 0.6) is 5.75 Å². The third-order valence-electron chi connectivity index (χ3n) is 2.51. The Morgan fingerprint density at radius 3 is 2.65 bits per heavy atom. The molecule has 0 aliphatic rings. The molecule has 0 radical (unpaired) electrons. The maximum atomic E-state index is 9.88. The number of nitrogens with zero attached hydrogens (tertiary/aromatic N) is 2. The normalized spacial score (nSPS) is 12.4. The monoisotopic (exact) mass is 233 g/mol. The maximum absolute atomic E-state index is 9.88. The summed E-state index contributed by atoms with van der Waals surface area (Å²) >= 11 is 0. The highest BCUT2D eigenvalue weighted by atomic mass is 16.5. The molecule has 1 aromatic heterocycles. The van der Waals surface area contributed by atoms with Crippen molar-refractivity contribution in [1.29, 1.82) is 0 Å². The standard InChI is InChI=1S/C12H15N3O2/c1-17-11-4-2-9(3-5-11)6-10(16)7-12-13-8-14-15-12/h2-5,8,10,16H,6-7H2,1H3,(H,13,14,15). The lowest BCUT2D eigenvalue weighted by atomic mass is 10.1. The van der Waals surface area contributed by atoms with Crippen LogP contribution in [0.15, 0.2) is 30.6 Å². The average molecular weight is 233 g/mol. The van der Waals surface area contributed by atoms with Gasteiger partial charge in [0, 0.05) is 6.42 Å². The number of aliphatic hydroxyl groups is 1. The number of benzene rings is 1. The zero-order valence-corrected chi connectivity index (χ0v) is 9.63. The number of methoxy groups -OCH3 is 1. The first-order chi connectivity index (χ1) is 8.28. The summed E-state index contributed by atoms with van der Waals surface area (Å²) in [5.74, 6) is 1.45. The summed E-state index contributed by atoms with van der Waals surface area (Å²) < 4.78 is 5.07. The van der Waals surface area contributed by atoms with Crippen LogP contribution in [0.1, 0.15) is 11.4 Å². The molecule has 0 saturated carbocycles. The lowest BCUT2D eigenvalue weighted by Crippen LogP contribution is -2.14. The van der Waals surface area contributed by atoms with E-state index in [9.17, 15) is 5.11 Å². The van der Waals surface area contributed by atoms with Gasteiger partial charge in [-0.3, -0.25) is 5.10 Å².